The van der Waals surface area contributed by atoms with Crippen molar-refractivity contribution in [3.8, 4) is 0 Å². The molecule has 0 radical (unpaired) electrons. The van der Waals surface area contributed by atoms with Gasteiger partial charge < -0.3 is 15.1 Å². The van der Waals surface area contributed by atoms with E-state index in [-0.39, 0.29) is 17.4 Å². The third kappa shape index (κ3) is 8.98. The Morgan fingerprint density at radius 2 is 1.59 bits per heavy atom. The van der Waals surface area contributed by atoms with Gasteiger partial charge in [-0.1, -0.05) is 82.8 Å². The Kier molecular flexibility index (Phi) is 12.1. The molecule has 2 saturated carbocycles. The first-order valence-corrected chi connectivity index (χ1v) is 16.9. The van der Waals surface area contributed by atoms with E-state index in [0.717, 1.165) is 50.1 Å². The lowest BCUT2D eigenvalue weighted by Gasteiger charge is -2.48. The number of rotatable bonds is 17. The number of aliphatic hydroxyl groups excluding tert-OH is 1. The average Bonchev–Trinajstić information content (AvgIpc) is 3.28. The molecule has 1 saturated heterocycles. The Morgan fingerprint density at radius 1 is 0.949 bits per heavy atom. The Morgan fingerprint density at radius 3 is 2.26 bits per heavy atom. The summed E-state index contributed by atoms with van der Waals surface area (Å²) in [5, 5.41) is 20.3. The summed E-state index contributed by atoms with van der Waals surface area (Å²) in [6, 6.07) is 7.15. The number of nitrogens with zero attached hydrogens (tertiary/aromatic N) is 1. The number of hydrogen-bond donors (Lipinski definition) is 2. The molecule has 218 valence electrons. The topological polar surface area (TPSA) is 77.8 Å². The van der Waals surface area contributed by atoms with Crippen molar-refractivity contribution in [2.75, 3.05) is 12.3 Å². The third-order valence-electron chi connectivity index (χ3n) is 9.79. The number of amides is 1. The number of aryl methyl sites for hydroxylation is 1. The first-order valence-electron chi connectivity index (χ1n) is 15.9. The van der Waals surface area contributed by atoms with Gasteiger partial charge in [-0.25, -0.2) is 4.79 Å². The van der Waals surface area contributed by atoms with Crippen LogP contribution in [0.3, 0.4) is 0 Å². The SMILES string of the molecule is O=C(O)c1ccc(CCCC2SCC(=O)N2CCCCCCCCCCC(O)C23CCCC(CCC2)C3)cc1. The zero-order chi connectivity index (χ0) is 27.5. The van der Waals surface area contributed by atoms with Crippen LogP contribution in [0.25, 0.3) is 0 Å². The number of carboxylic acid groups (broad SMARTS) is 1. The van der Waals surface area contributed by atoms with E-state index in [4.69, 9.17) is 5.11 Å². The molecule has 1 aromatic rings. The van der Waals surface area contributed by atoms with Gasteiger partial charge in [-0.05, 0) is 80.4 Å². The van der Waals surface area contributed by atoms with E-state index in [1.54, 1.807) is 23.9 Å². The van der Waals surface area contributed by atoms with Gasteiger partial charge in [0.1, 0.15) is 0 Å². The fraction of sp³-hybridized carbons (Fsp3) is 0.758. The molecular weight excluding hydrogens is 506 g/mol. The van der Waals surface area contributed by atoms with E-state index in [1.807, 2.05) is 12.1 Å². The molecule has 3 fully saturated rings. The monoisotopic (exact) mass is 557 g/mol. The summed E-state index contributed by atoms with van der Waals surface area (Å²) < 4.78 is 0. The minimum Gasteiger partial charge on any atom is -0.478 e. The molecule has 2 bridgehead atoms. The highest BCUT2D eigenvalue weighted by molar-refractivity contribution is 8.00. The number of carbonyl (C=O) groups is 2. The molecule has 5 nitrogen and oxygen atoms in total. The number of benzene rings is 1. The lowest BCUT2D eigenvalue weighted by atomic mass is 9.59. The summed E-state index contributed by atoms with van der Waals surface area (Å²) in [5.74, 6) is 0.899. The first-order chi connectivity index (χ1) is 19.0. The van der Waals surface area contributed by atoms with Gasteiger partial charge in [-0.15, -0.1) is 11.8 Å². The Balaban J connectivity index is 1.01. The first kappa shape index (κ1) is 30.4. The van der Waals surface area contributed by atoms with Gasteiger partial charge in [0.15, 0.2) is 0 Å². The van der Waals surface area contributed by atoms with Gasteiger partial charge in [0.25, 0.3) is 0 Å². The summed E-state index contributed by atoms with van der Waals surface area (Å²) in [6.07, 6.45) is 23.0. The van der Waals surface area contributed by atoms with Crippen molar-refractivity contribution in [3.63, 3.8) is 0 Å². The second-order valence-corrected chi connectivity index (χ2v) is 13.8. The second-order valence-electron chi connectivity index (χ2n) is 12.6. The molecule has 3 aliphatic rings. The van der Waals surface area contributed by atoms with Crippen molar-refractivity contribution in [2.24, 2.45) is 11.3 Å². The fourth-order valence-corrected chi connectivity index (χ4v) is 8.73. The molecule has 6 heteroatoms. The molecule has 0 spiro atoms. The quantitative estimate of drug-likeness (QED) is 0.191. The van der Waals surface area contributed by atoms with Crippen LogP contribution in [0.5, 0.6) is 0 Å². The molecule has 1 heterocycles. The predicted molar refractivity (Wildman–Crippen MR) is 160 cm³/mol. The van der Waals surface area contributed by atoms with Crippen molar-refractivity contribution in [1.82, 2.24) is 4.90 Å². The minimum absolute atomic E-state index is 0.0683. The molecule has 1 aromatic carbocycles. The third-order valence-corrected chi connectivity index (χ3v) is 11.1. The van der Waals surface area contributed by atoms with Crippen molar-refractivity contribution >= 4 is 23.6 Å². The molecule has 0 aromatic heterocycles. The standard InChI is InChI=1S/C33H51NO4S/c35-29(33-21-10-13-27(24-33)14-11-22-33)15-7-5-3-1-2-4-6-8-23-34-30(36)25-39-31(34)16-9-12-26-17-19-28(20-18-26)32(37)38/h17-20,27,29,31,35H,1-16,21-25H2,(H,37,38). The van der Waals surface area contributed by atoms with E-state index in [2.05, 4.69) is 4.90 Å². The normalized spacial score (nSPS) is 25.7. The second kappa shape index (κ2) is 15.5. The van der Waals surface area contributed by atoms with Crippen LogP contribution >= 0.6 is 11.8 Å². The number of unbranched alkanes of at least 4 members (excludes halogenated alkanes) is 7. The number of carbonyl (C=O) groups excluding carboxylic acids is 1. The van der Waals surface area contributed by atoms with Gasteiger partial charge in [0.05, 0.1) is 22.8 Å². The zero-order valence-corrected chi connectivity index (χ0v) is 24.8. The summed E-state index contributed by atoms with van der Waals surface area (Å²) in [4.78, 5) is 25.5. The number of thioether (sulfide) groups is 1. The van der Waals surface area contributed by atoms with Gasteiger partial charge >= 0.3 is 5.97 Å². The highest BCUT2D eigenvalue weighted by Crippen LogP contribution is 2.51. The van der Waals surface area contributed by atoms with Crippen LogP contribution in [-0.2, 0) is 11.2 Å². The van der Waals surface area contributed by atoms with Crippen LogP contribution in [0, 0.1) is 11.3 Å². The fourth-order valence-electron chi connectivity index (χ4n) is 7.50. The molecule has 2 atom stereocenters. The predicted octanol–water partition coefficient (Wildman–Crippen LogP) is 7.84. The summed E-state index contributed by atoms with van der Waals surface area (Å²) >= 11 is 1.78. The molecule has 4 rings (SSSR count). The van der Waals surface area contributed by atoms with Gasteiger partial charge in [0, 0.05) is 6.54 Å². The molecule has 39 heavy (non-hydrogen) atoms. The van der Waals surface area contributed by atoms with E-state index in [1.165, 1.54) is 89.9 Å². The Hall–Kier alpha value is -1.53. The highest BCUT2D eigenvalue weighted by Gasteiger charge is 2.43. The van der Waals surface area contributed by atoms with E-state index >= 15 is 0 Å². The number of fused-ring (bicyclic) bond motifs is 2. The van der Waals surface area contributed by atoms with E-state index < -0.39 is 5.97 Å². The van der Waals surface area contributed by atoms with E-state index in [9.17, 15) is 14.7 Å². The number of carboxylic acids is 1. The maximum absolute atomic E-state index is 12.4. The molecular formula is C33H51NO4S. The van der Waals surface area contributed by atoms with Crippen LogP contribution in [0.4, 0.5) is 0 Å². The lowest BCUT2D eigenvalue weighted by Crippen LogP contribution is -2.42. The van der Waals surface area contributed by atoms with Crippen LogP contribution in [0.2, 0.25) is 0 Å². The van der Waals surface area contributed by atoms with Crippen molar-refractivity contribution < 1.29 is 19.8 Å². The van der Waals surface area contributed by atoms with Gasteiger partial charge in [-0.3, -0.25) is 4.79 Å². The zero-order valence-electron chi connectivity index (χ0n) is 24.0. The molecule has 1 amide bonds. The number of aromatic carboxylic acids is 1. The Labute approximate surface area is 240 Å². The van der Waals surface area contributed by atoms with Crippen LogP contribution < -0.4 is 0 Å². The van der Waals surface area contributed by atoms with Crippen LogP contribution in [0.1, 0.15) is 131 Å². The van der Waals surface area contributed by atoms with Crippen molar-refractivity contribution in [1.29, 1.82) is 0 Å². The number of hydrogen-bond acceptors (Lipinski definition) is 4. The number of aliphatic hydroxyl groups is 1. The van der Waals surface area contributed by atoms with Crippen LogP contribution in [-0.4, -0.2) is 50.8 Å². The van der Waals surface area contributed by atoms with Crippen molar-refractivity contribution in [3.05, 3.63) is 35.4 Å². The smallest absolute Gasteiger partial charge is 0.335 e. The average molecular weight is 558 g/mol. The molecule has 1 aliphatic heterocycles. The van der Waals surface area contributed by atoms with Crippen molar-refractivity contribution in [2.45, 2.75) is 133 Å². The van der Waals surface area contributed by atoms with Gasteiger partial charge in [-0.2, -0.15) is 0 Å². The maximum atomic E-state index is 12.4. The molecule has 2 N–H and O–H groups in total. The summed E-state index contributed by atoms with van der Waals surface area (Å²) in [7, 11) is 0. The Bertz CT molecular complexity index is 893. The summed E-state index contributed by atoms with van der Waals surface area (Å²) in [5.41, 5.74) is 1.75. The van der Waals surface area contributed by atoms with E-state index in [0.29, 0.717) is 16.7 Å². The summed E-state index contributed by atoms with van der Waals surface area (Å²) in [6.45, 7) is 0.879. The molecule has 2 unspecified atom stereocenters. The largest absolute Gasteiger partial charge is 0.478 e. The highest BCUT2D eigenvalue weighted by atomic mass is 32.2. The minimum atomic E-state index is -0.889. The maximum Gasteiger partial charge on any atom is 0.335 e. The van der Waals surface area contributed by atoms with Crippen LogP contribution in [0.15, 0.2) is 24.3 Å². The van der Waals surface area contributed by atoms with Gasteiger partial charge in [0.2, 0.25) is 5.91 Å². The molecule has 2 aliphatic carbocycles. The lowest BCUT2D eigenvalue weighted by molar-refractivity contribution is -0.128.